The van der Waals surface area contributed by atoms with Crippen molar-refractivity contribution in [2.45, 2.75) is 13.8 Å². The number of hydrogen-bond acceptors (Lipinski definition) is 4. The van der Waals surface area contributed by atoms with Gasteiger partial charge in [0.2, 0.25) is 5.88 Å². The van der Waals surface area contributed by atoms with E-state index < -0.39 is 0 Å². The molecule has 94 valence electrons. The van der Waals surface area contributed by atoms with E-state index in [1.807, 2.05) is 26.0 Å². The number of aromatic nitrogens is 3. The number of nitrogens with two attached hydrogens (primary N) is 1. The van der Waals surface area contributed by atoms with Gasteiger partial charge in [-0.2, -0.15) is 5.10 Å². The van der Waals surface area contributed by atoms with Gasteiger partial charge in [-0.3, -0.25) is 4.98 Å². The molecule has 6 heteroatoms. The van der Waals surface area contributed by atoms with Crippen molar-refractivity contribution in [3.8, 4) is 11.6 Å². The number of thiocarbonyl (C=S) groups is 1. The Morgan fingerprint density at radius 1 is 1.39 bits per heavy atom. The van der Waals surface area contributed by atoms with Crippen molar-refractivity contribution in [2.75, 3.05) is 0 Å². The van der Waals surface area contributed by atoms with Crippen LogP contribution in [0.2, 0.25) is 0 Å². The fraction of sp³-hybridized carbons (Fsp3) is 0.250. The summed E-state index contributed by atoms with van der Waals surface area (Å²) in [4.78, 5) is 4.44. The first-order valence-electron chi connectivity index (χ1n) is 5.43. The van der Waals surface area contributed by atoms with Gasteiger partial charge in [-0.1, -0.05) is 12.2 Å². The first kappa shape index (κ1) is 12.5. The molecular weight excluding hydrogens is 248 g/mol. The minimum absolute atomic E-state index is 0.274. The summed E-state index contributed by atoms with van der Waals surface area (Å²) in [6.07, 6.45) is 1.65. The molecule has 0 spiro atoms. The zero-order chi connectivity index (χ0) is 13.3. The second-order valence-corrected chi connectivity index (χ2v) is 4.43. The molecule has 0 aliphatic carbocycles. The van der Waals surface area contributed by atoms with E-state index in [9.17, 15) is 0 Å². The highest BCUT2D eigenvalue weighted by molar-refractivity contribution is 7.80. The van der Waals surface area contributed by atoms with Gasteiger partial charge in [0.25, 0.3) is 0 Å². The van der Waals surface area contributed by atoms with Crippen molar-refractivity contribution in [3.05, 3.63) is 35.3 Å². The van der Waals surface area contributed by atoms with Gasteiger partial charge in [0.15, 0.2) is 0 Å². The van der Waals surface area contributed by atoms with Crippen LogP contribution >= 0.6 is 12.2 Å². The van der Waals surface area contributed by atoms with E-state index >= 15 is 0 Å². The molecule has 0 aliphatic heterocycles. The van der Waals surface area contributed by atoms with Crippen molar-refractivity contribution >= 4 is 17.2 Å². The third-order valence-electron chi connectivity index (χ3n) is 2.51. The highest BCUT2D eigenvalue weighted by Gasteiger charge is 2.17. The van der Waals surface area contributed by atoms with Gasteiger partial charge in [0, 0.05) is 12.7 Å². The predicted molar refractivity (Wildman–Crippen MR) is 72.9 cm³/mol. The largest absolute Gasteiger partial charge is 0.437 e. The number of rotatable bonds is 3. The Labute approximate surface area is 111 Å². The molecule has 18 heavy (non-hydrogen) atoms. The lowest BCUT2D eigenvalue weighted by Crippen LogP contribution is -2.11. The van der Waals surface area contributed by atoms with E-state index in [-0.39, 0.29) is 4.99 Å². The Bertz CT molecular complexity index is 589. The normalized spacial score (nSPS) is 10.4. The molecule has 2 heterocycles. The van der Waals surface area contributed by atoms with Gasteiger partial charge in [0.05, 0.1) is 17.5 Å². The number of pyridine rings is 1. The fourth-order valence-electron chi connectivity index (χ4n) is 1.66. The molecule has 0 aliphatic rings. The SMILES string of the molecule is Cc1ccc(Oc2c(C(N)=S)c(C)nn2C)cn1. The summed E-state index contributed by atoms with van der Waals surface area (Å²) in [7, 11) is 1.78. The summed E-state index contributed by atoms with van der Waals surface area (Å²) in [6, 6.07) is 3.72. The molecule has 0 radical (unpaired) electrons. The molecule has 2 rings (SSSR count). The van der Waals surface area contributed by atoms with Crippen LogP contribution in [0.15, 0.2) is 18.3 Å². The minimum atomic E-state index is 0.274. The van der Waals surface area contributed by atoms with E-state index in [0.29, 0.717) is 17.2 Å². The Morgan fingerprint density at radius 2 is 2.11 bits per heavy atom. The molecule has 2 aromatic rings. The smallest absolute Gasteiger partial charge is 0.228 e. The summed E-state index contributed by atoms with van der Waals surface area (Å²) < 4.78 is 7.36. The van der Waals surface area contributed by atoms with Crippen LogP contribution in [-0.2, 0) is 7.05 Å². The number of ether oxygens (including phenoxy) is 1. The zero-order valence-electron chi connectivity index (χ0n) is 10.5. The molecule has 0 atom stereocenters. The molecule has 0 saturated carbocycles. The highest BCUT2D eigenvalue weighted by atomic mass is 32.1. The Hall–Kier alpha value is -1.95. The number of hydrogen-bond donors (Lipinski definition) is 1. The van der Waals surface area contributed by atoms with E-state index in [0.717, 1.165) is 11.4 Å². The topological polar surface area (TPSA) is 66.0 Å². The van der Waals surface area contributed by atoms with E-state index in [2.05, 4.69) is 10.1 Å². The number of nitrogens with zero attached hydrogens (tertiary/aromatic N) is 3. The highest BCUT2D eigenvalue weighted by Crippen LogP contribution is 2.26. The molecule has 2 N–H and O–H groups in total. The maximum Gasteiger partial charge on any atom is 0.228 e. The first-order chi connectivity index (χ1) is 8.49. The molecule has 0 fully saturated rings. The number of aryl methyl sites for hydroxylation is 3. The lowest BCUT2D eigenvalue weighted by molar-refractivity contribution is 0.428. The molecule has 0 aromatic carbocycles. The third kappa shape index (κ3) is 2.33. The van der Waals surface area contributed by atoms with Crippen LogP contribution in [0.5, 0.6) is 11.6 Å². The fourth-order valence-corrected chi connectivity index (χ4v) is 1.90. The molecule has 0 amide bonds. The van der Waals surface area contributed by atoms with Crippen molar-refractivity contribution < 1.29 is 4.74 Å². The lowest BCUT2D eigenvalue weighted by atomic mass is 10.2. The van der Waals surface area contributed by atoms with Crippen LogP contribution in [0.4, 0.5) is 0 Å². The Balaban J connectivity index is 2.39. The van der Waals surface area contributed by atoms with Crippen LogP contribution in [0.25, 0.3) is 0 Å². The van der Waals surface area contributed by atoms with Gasteiger partial charge < -0.3 is 10.5 Å². The van der Waals surface area contributed by atoms with E-state index in [4.69, 9.17) is 22.7 Å². The summed E-state index contributed by atoms with van der Waals surface area (Å²) in [6.45, 7) is 3.76. The van der Waals surface area contributed by atoms with E-state index in [1.54, 1.807) is 17.9 Å². The quantitative estimate of drug-likeness (QED) is 0.855. The maximum absolute atomic E-state index is 5.75. The molecule has 0 unspecified atom stereocenters. The van der Waals surface area contributed by atoms with Crippen LogP contribution in [0.3, 0.4) is 0 Å². The second-order valence-electron chi connectivity index (χ2n) is 3.99. The van der Waals surface area contributed by atoms with Crippen LogP contribution in [0.1, 0.15) is 17.0 Å². The maximum atomic E-state index is 5.75. The van der Waals surface area contributed by atoms with Gasteiger partial charge in [-0.05, 0) is 26.0 Å². The molecule has 0 saturated heterocycles. The summed E-state index contributed by atoms with van der Waals surface area (Å²) in [5.41, 5.74) is 8.03. The van der Waals surface area contributed by atoms with Gasteiger partial charge in [-0.25, -0.2) is 4.68 Å². The average molecular weight is 262 g/mol. The van der Waals surface area contributed by atoms with E-state index in [1.165, 1.54) is 0 Å². The molecular formula is C12H14N4OS. The minimum Gasteiger partial charge on any atom is -0.437 e. The van der Waals surface area contributed by atoms with Gasteiger partial charge in [0.1, 0.15) is 10.7 Å². The molecule has 2 aromatic heterocycles. The van der Waals surface area contributed by atoms with Crippen molar-refractivity contribution in [3.63, 3.8) is 0 Å². The lowest BCUT2D eigenvalue weighted by Gasteiger charge is -2.07. The Kier molecular flexibility index (Phi) is 3.29. The first-order valence-corrected chi connectivity index (χ1v) is 5.83. The summed E-state index contributed by atoms with van der Waals surface area (Å²) in [5.74, 6) is 1.16. The predicted octanol–water partition coefficient (Wildman–Crippen LogP) is 1.86. The average Bonchev–Trinajstić information content (AvgIpc) is 2.57. The zero-order valence-corrected chi connectivity index (χ0v) is 11.3. The van der Waals surface area contributed by atoms with Crippen LogP contribution < -0.4 is 10.5 Å². The van der Waals surface area contributed by atoms with Crippen molar-refractivity contribution in [1.82, 2.24) is 14.8 Å². The van der Waals surface area contributed by atoms with Crippen molar-refractivity contribution in [1.29, 1.82) is 0 Å². The molecule has 5 nitrogen and oxygen atoms in total. The second kappa shape index (κ2) is 4.73. The van der Waals surface area contributed by atoms with Gasteiger partial charge >= 0.3 is 0 Å². The Morgan fingerprint density at radius 3 is 2.67 bits per heavy atom. The third-order valence-corrected chi connectivity index (χ3v) is 2.72. The summed E-state index contributed by atoms with van der Waals surface area (Å²) >= 11 is 5.02. The van der Waals surface area contributed by atoms with Crippen LogP contribution in [0, 0.1) is 13.8 Å². The monoisotopic (exact) mass is 262 g/mol. The van der Waals surface area contributed by atoms with Gasteiger partial charge in [-0.15, -0.1) is 0 Å². The summed E-state index contributed by atoms with van der Waals surface area (Å²) in [5, 5.41) is 4.25. The standard InChI is InChI=1S/C12H14N4OS/c1-7-4-5-9(6-14-7)17-12-10(11(13)18)8(2)15-16(12)3/h4-6H,1-3H3,(H2,13,18). The molecule has 0 bridgehead atoms. The van der Waals surface area contributed by atoms with Crippen molar-refractivity contribution in [2.24, 2.45) is 12.8 Å². The van der Waals surface area contributed by atoms with Crippen LogP contribution in [-0.4, -0.2) is 19.8 Å².